The normalized spacial score (nSPS) is 21.8. The van der Waals surface area contributed by atoms with E-state index in [0.29, 0.717) is 11.9 Å². The summed E-state index contributed by atoms with van der Waals surface area (Å²) in [6.07, 6.45) is 8.60. The summed E-state index contributed by atoms with van der Waals surface area (Å²) >= 11 is 0. The number of anilines is 2. The van der Waals surface area contributed by atoms with Gasteiger partial charge in [-0.2, -0.15) is 0 Å². The van der Waals surface area contributed by atoms with Crippen LogP contribution >= 0.6 is 0 Å². The van der Waals surface area contributed by atoms with Gasteiger partial charge >= 0.3 is 0 Å². The number of nitrogens with one attached hydrogen (secondary N) is 1. The molecule has 1 aromatic carbocycles. The lowest BCUT2D eigenvalue weighted by Gasteiger charge is -2.31. The summed E-state index contributed by atoms with van der Waals surface area (Å²) in [6.45, 7) is 3.18. The van der Waals surface area contributed by atoms with Crippen LogP contribution in [0.3, 0.4) is 0 Å². The number of hydrogen-bond acceptors (Lipinski definition) is 7. The lowest BCUT2D eigenvalue weighted by molar-refractivity contribution is 0.122. The van der Waals surface area contributed by atoms with Crippen molar-refractivity contribution in [1.82, 2.24) is 15.0 Å². The number of nitrogens with zero attached hydrogens (tertiary/aromatic N) is 4. The van der Waals surface area contributed by atoms with Gasteiger partial charge in [-0.3, -0.25) is 4.98 Å². The largest absolute Gasteiger partial charge is 0.488 e. The SMILES string of the molecule is Fc1ccc(N[C@H]2CC[C@@H](Oc3cc(N4CCOCC4)cc4nccnc34)CC2)nc1. The van der Waals surface area contributed by atoms with Gasteiger partial charge in [-0.15, -0.1) is 0 Å². The number of halogens is 1. The van der Waals surface area contributed by atoms with Crippen LogP contribution in [0.5, 0.6) is 5.75 Å². The number of benzene rings is 1. The van der Waals surface area contributed by atoms with Gasteiger partial charge < -0.3 is 19.7 Å². The van der Waals surface area contributed by atoms with Crippen LogP contribution in [-0.2, 0) is 4.74 Å². The Balaban J connectivity index is 1.27. The van der Waals surface area contributed by atoms with Crippen LogP contribution in [0.15, 0.2) is 42.9 Å². The molecule has 2 aliphatic rings. The van der Waals surface area contributed by atoms with Gasteiger partial charge in [0.15, 0.2) is 0 Å². The second-order valence-corrected chi connectivity index (χ2v) is 8.06. The Morgan fingerprint density at radius 3 is 2.58 bits per heavy atom. The molecule has 8 heteroatoms. The predicted octanol–water partition coefficient (Wildman–Crippen LogP) is 3.80. The molecule has 2 aromatic heterocycles. The topological polar surface area (TPSA) is 72.4 Å². The molecular weight excluding hydrogens is 397 g/mol. The van der Waals surface area contributed by atoms with Crippen molar-refractivity contribution in [2.75, 3.05) is 36.5 Å². The molecule has 0 bridgehead atoms. The van der Waals surface area contributed by atoms with Gasteiger partial charge in [-0.05, 0) is 43.9 Å². The van der Waals surface area contributed by atoms with Gasteiger partial charge in [-0.25, -0.2) is 14.4 Å². The molecule has 1 N–H and O–H groups in total. The van der Waals surface area contributed by atoms with E-state index in [9.17, 15) is 4.39 Å². The average Bonchev–Trinajstić information content (AvgIpc) is 2.82. The molecular formula is C23H26FN5O2. The van der Waals surface area contributed by atoms with E-state index in [1.807, 2.05) is 0 Å². The monoisotopic (exact) mass is 423 g/mol. The van der Waals surface area contributed by atoms with E-state index in [1.165, 1.54) is 12.3 Å². The fourth-order valence-corrected chi connectivity index (χ4v) is 4.30. The molecule has 5 rings (SSSR count). The first kappa shape index (κ1) is 19.9. The van der Waals surface area contributed by atoms with E-state index in [-0.39, 0.29) is 11.9 Å². The van der Waals surface area contributed by atoms with Gasteiger partial charge in [0, 0.05) is 43.3 Å². The maximum absolute atomic E-state index is 13.1. The van der Waals surface area contributed by atoms with Crippen LogP contribution < -0.4 is 15.0 Å². The Morgan fingerprint density at radius 1 is 1.00 bits per heavy atom. The minimum atomic E-state index is -0.322. The number of morpholine rings is 1. The molecule has 2 fully saturated rings. The highest BCUT2D eigenvalue weighted by Gasteiger charge is 2.24. The van der Waals surface area contributed by atoms with Crippen LogP contribution in [0.2, 0.25) is 0 Å². The Labute approximate surface area is 180 Å². The number of hydrogen-bond donors (Lipinski definition) is 1. The number of rotatable bonds is 5. The number of fused-ring (bicyclic) bond motifs is 1. The van der Waals surface area contributed by atoms with Crippen molar-refractivity contribution < 1.29 is 13.9 Å². The molecule has 0 unspecified atom stereocenters. The number of ether oxygens (including phenoxy) is 2. The van der Waals surface area contributed by atoms with Crippen molar-refractivity contribution in [3.63, 3.8) is 0 Å². The summed E-state index contributed by atoms with van der Waals surface area (Å²) < 4.78 is 25.0. The lowest BCUT2D eigenvalue weighted by Crippen LogP contribution is -2.36. The maximum Gasteiger partial charge on any atom is 0.149 e. The standard InChI is InChI=1S/C23H26FN5O2/c24-16-1-6-22(27-15-16)28-17-2-4-19(5-3-17)31-21-14-18(29-9-11-30-12-10-29)13-20-23(21)26-8-7-25-20/h1,6-8,13-15,17,19H,2-5,9-12H2,(H,27,28)/t17-,19+. The Morgan fingerprint density at radius 2 is 1.81 bits per heavy atom. The van der Waals surface area contributed by atoms with E-state index in [1.54, 1.807) is 18.5 Å². The molecule has 7 nitrogen and oxygen atoms in total. The fraction of sp³-hybridized carbons (Fsp3) is 0.435. The third kappa shape index (κ3) is 4.69. The first-order chi connectivity index (χ1) is 15.2. The summed E-state index contributed by atoms with van der Waals surface area (Å²) in [4.78, 5) is 15.4. The molecule has 0 amide bonds. The third-order valence-corrected chi connectivity index (χ3v) is 5.95. The summed E-state index contributed by atoms with van der Waals surface area (Å²) in [5, 5.41) is 3.40. The van der Waals surface area contributed by atoms with E-state index in [4.69, 9.17) is 9.47 Å². The molecule has 1 aliphatic heterocycles. The van der Waals surface area contributed by atoms with Gasteiger partial charge in [0.05, 0.1) is 31.0 Å². The van der Waals surface area contributed by atoms with Crippen molar-refractivity contribution in [3.8, 4) is 5.75 Å². The predicted molar refractivity (Wildman–Crippen MR) is 117 cm³/mol. The Bertz CT molecular complexity index is 1020. The zero-order valence-corrected chi connectivity index (χ0v) is 17.3. The summed E-state index contributed by atoms with van der Waals surface area (Å²) in [6, 6.07) is 7.60. The molecule has 0 spiro atoms. The fourth-order valence-electron chi connectivity index (χ4n) is 4.30. The minimum Gasteiger partial charge on any atom is -0.488 e. The molecule has 1 saturated heterocycles. The highest BCUT2D eigenvalue weighted by Crippen LogP contribution is 2.33. The van der Waals surface area contributed by atoms with Gasteiger partial charge in [-0.1, -0.05) is 0 Å². The van der Waals surface area contributed by atoms with Crippen molar-refractivity contribution in [2.24, 2.45) is 0 Å². The Hall–Kier alpha value is -3.00. The molecule has 3 aromatic rings. The zero-order chi connectivity index (χ0) is 21.0. The van der Waals surface area contributed by atoms with Crippen molar-refractivity contribution >= 4 is 22.5 Å². The first-order valence-electron chi connectivity index (χ1n) is 10.9. The van der Waals surface area contributed by atoms with Gasteiger partial charge in [0.1, 0.15) is 22.9 Å². The quantitative estimate of drug-likeness (QED) is 0.669. The van der Waals surface area contributed by atoms with E-state index < -0.39 is 0 Å². The maximum atomic E-state index is 13.1. The highest BCUT2D eigenvalue weighted by atomic mass is 19.1. The van der Waals surface area contributed by atoms with E-state index >= 15 is 0 Å². The molecule has 162 valence electrons. The number of aromatic nitrogens is 3. The van der Waals surface area contributed by atoms with Crippen LogP contribution in [-0.4, -0.2) is 53.4 Å². The lowest BCUT2D eigenvalue weighted by atomic mass is 9.93. The minimum absolute atomic E-state index is 0.129. The molecule has 1 saturated carbocycles. The number of pyridine rings is 1. The third-order valence-electron chi connectivity index (χ3n) is 5.95. The van der Waals surface area contributed by atoms with Gasteiger partial charge in [0.25, 0.3) is 0 Å². The van der Waals surface area contributed by atoms with E-state index in [2.05, 4.69) is 37.3 Å². The van der Waals surface area contributed by atoms with Gasteiger partial charge in [0.2, 0.25) is 0 Å². The van der Waals surface area contributed by atoms with Crippen LogP contribution in [0.4, 0.5) is 15.9 Å². The second kappa shape index (κ2) is 9.01. The summed E-state index contributed by atoms with van der Waals surface area (Å²) in [7, 11) is 0. The van der Waals surface area contributed by atoms with E-state index in [0.717, 1.165) is 74.5 Å². The van der Waals surface area contributed by atoms with Crippen LogP contribution in [0.1, 0.15) is 25.7 Å². The molecule has 31 heavy (non-hydrogen) atoms. The zero-order valence-electron chi connectivity index (χ0n) is 17.3. The molecule has 0 atom stereocenters. The summed E-state index contributed by atoms with van der Waals surface area (Å²) in [5.41, 5.74) is 2.75. The Kier molecular flexibility index (Phi) is 5.80. The van der Waals surface area contributed by atoms with Crippen molar-refractivity contribution in [1.29, 1.82) is 0 Å². The molecule has 3 heterocycles. The highest BCUT2D eigenvalue weighted by molar-refractivity contribution is 5.85. The summed E-state index contributed by atoms with van der Waals surface area (Å²) in [5.74, 6) is 1.19. The molecule has 1 aliphatic carbocycles. The van der Waals surface area contributed by atoms with Crippen LogP contribution in [0, 0.1) is 5.82 Å². The second-order valence-electron chi connectivity index (χ2n) is 8.06. The van der Waals surface area contributed by atoms with Crippen LogP contribution in [0.25, 0.3) is 11.0 Å². The van der Waals surface area contributed by atoms with Crippen molar-refractivity contribution in [3.05, 3.63) is 48.7 Å². The van der Waals surface area contributed by atoms with Crippen molar-refractivity contribution in [2.45, 2.75) is 37.8 Å². The molecule has 0 radical (unpaired) electrons. The smallest absolute Gasteiger partial charge is 0.149 e. The average molecular weight is 423 g/mol. The first-order valence-corrected chi connectivity index (χ1v) is 10.9.